The van der Waals surface area contributed by atoms with E-state index in [9.17, 15) is 18.5 Å². The van der Waals surface area contributed by atoms with E-state index in [4.69, 9.17) is 9.90 Å². The van der Waals surface area contributed by atoms with Gasteiger partial charge < -0.3 is 5.11 Å². The molecule has 0 atom stereocenters. The highest BCUT2D eigenvalue weighted by Gasteiger charge is 2.15. The van der Waals surface area contributed by atoms with E-state index in [2.05, 4.69) is 4.72 Å². The maximum absolute atomic E-state index is 11.7. The number of aliphatic carboxylic acids is 1. The van der Waals surface area contributed by atoms with E-state index in [0.717, 1.165) is 6.92 Å². The van der Waals surface area contributed by atoms with Gasteiger partial charge in [0.1, 0.15) is 0 Å². The van der Waals surface area contributed by atoms with E-state index in [1.54, 1.807) is 0 Å². The summed E-state index contributed by atoms with van der Waals surface area (Å²) in [5.74, 6) is -0.636. The molecule has 0 unspecified atom stereocenters. The fourth-order valence-electron chi connectivity index (χ4n) is 1.11. The number of rotatable bonds is 5. The third kappa shape index (κ3) is 8.00. The van der Waals surface area contributed by atoms with Crippen molar-refractivity contribution in [3.63, 3.8) is 0 Å². The molecule has 0 aromatic heterocycles. The number of carbonyl (C=O) groups is 1. The zero-order valence-corrected chi connectivity index (χ0v) is 12.8. The number of non-ortho nitro benzene ring substituents is 1. The molecule has 0 radical (unpaired) electrons. The SMILES string of the molecule is CC(=O)O.CC(C)CNS(=O)(=O)c1ccc([N+](=O)[O-])cc1. The van der Waals surface area contributed by atoms with Gasteiger partial charge in [0, 0.05) is 25.6 Å². The molecule has 2 N–H and O–H groups in total. The third-order valence-electron chi connectivity index (χ3n) is 2.04. The first-order valence-corrected chi connectivity index (χ1v) is 7.48. The van der Waals surface area contributed by atoms with E-state index in [1.807, 2.05) is 13.8 Å². The Bertz CT molecular complexity index is 576. The highest BCUT2D eigenvalue weighted by atomic mass is 32.2. The van der Waals surface area contributed by atoms with Gasteiger partial charge in [-0.3, -0.25) is 14.9 Å². The van der Waals surface area contributed by atoms with Gasteiger partial charge in [0.2, 0.25) is 10.0 Å². The van der Waals surface area contributed by atoms with Crippen LogP contribution in [0.3, 0.4) is 0 Å². The summed E-state index contributed by atoms with van der Waals surface area (Å²) in [7, 11) is -3.57. The van der Waals surface area contributed by atoms with Crippen molar-refractivity contribution in [2.75, 3.05) is 6.54 Å². The molecule has 8 nitrogen and oxygen atoms in total. The quantitative estimate of drug-likeness (QED) is 0.627. The Labute approximate surface area is 123 Å². The number of carboxylic acids is 1. The topological polar surface area (TPSA) is 127 Å². The number of benzene rings is 1. The van der Waals surface area contributed by atoms with Crippen LogP contribution in [0.5, 0.6) is 0 Å². The Hall–Kier alpha value is -2.00. The van der Waals surface area contributed by atoms with Crippen LogP contribution in [-0.4, -0.2) is 31.0 Å². The van der Waals surface area contributed by atoms with Gasteiger partial charge in [-0.25, -0.2) is 13.1 Å². The van der Waals surface area contributed by atoms with Gasteiger partial charge in [0.25, 0.3) is 11.7 Å². The fourth-order valence-corrected chi connectivity index (χ4v) is 2.32. The van der Waals surface area contributed by atoms with Crippen molar-refractivity contribution in [1.82, 2.24) is 4.72 Å². The highest BCUT2D eigenvalue weighted by molar-refractivity contribution is 7.89. The van der Waals surface area contributed by atoms with Crippen LogP contribution < -0.4 is 4.72 Å². The number of nitro benzene ring substituents is 1. The smallest absolute Gasteiger partial charge is 0.300 e. The molecular formula is C12H18N2O6S. The first-order valence-electron chi connectivity index (χ1n) is 6.00. The Morgan fingerprint density at radius 1 is 1.33 bits per heavy atom. The summed E-state index contributed by atoms with van der Waals surface area (Å²) in [5, 5.41) is 17.8. The molecular weight excluding hydrogens is 300 g/mol. The predicted molar refractivity (Wildman–Crippen MR) is 76.4 cm³/mol. The molecule has 1 aromatic carbocycles. The molecule has 0 spiro atoms. The molecule has 0 aliphatic carbocycles. The number of sulfonamides is 1. The molecule has 0 amide bonds. The zero-order valence-electron chi connectivity index (χ0n) is 11.9. The number of carboxylic acid groups (broad SMARTS) is 1. The summed E-state index contributed by atoms with van der Waals surface area (Å²) in [5.41, 5.74) is -0.132. The number of hydrogen-bond donors (Lipinski definition) is 2. The zero-order chi connectivity index (χ0) is 16.6. The van der Waals surface area contributed by atoms with Gasteiger partial charge >= 0.3 is 0 Å². The van der Waals surface area contributed by atoms with Crippen LogP contribution in [0.25, 0.3) is 0 Å². The molecule has 0 aliphatic heterocycles. The van der Waals surface area contributed by atoms with Gasteiger partial charge in [-0.15, -0.1) is 0 Å². The molecule has 0 saturated heterocycles. The van der Waals surface area contributed by atoms with E-state index in [0.29, 0.717) is 6.54 Å². The lowest BCUT2D eigenvalue weighted by Gasteiger charge is -2.08. The van der Waals surface area contributed by atoms with Gasteiger partial charge in [-0.2, -0.15) is 0 Å². The Morgan fingerprint density at radius 2 is 1.76 bits per heavy atom. The minimum Gasteiger partial charge on any atom is -0.481 e. The van der Waals surface area contributed by atoms with Crippen molar-refractivity contribution in [2.45, 2.75) is 25.7 Å². The van der Waals surface area contributed by atoms with Crippen molar-refractivity contribution in [2.24, 2.45) is 5.92 Å². The molecule has 0 saturated carbocycles. The lowest BCUT2D eigenvalue weighted by atomic mass is 10.2. The van der Waals surface area contributed by atoms with Crippen LogP contribution in [0.4, 0.5) is 5.69 Å². The van der Waals surface area contributed by atoms with Crippen molar-refractivity contribution in [3.05, 3.63) is 34.4 Å². The molecule has 1 aromatic rings. The van der Waals surface area contributed by atoms with E-state index < -0.39 is 20.9 Å². The van der Waals surface area contributed by atoms with Crippen molar-refractivity contribution >= 4 is 21.7 Å². The minimum absolute atomic E-state index is 0.0313. The second kappa shape index (κ2) is 8.32. The molecule has 0 aliphatic rings. The number of nitro groups is 1. The lowest BCUT2D eigenvalue weighted by Crippen LogP contribution is -2.27. The largest absolute Gasteiger partial charge is 0.481 e. The maximum Gasteiger partial charge on any atom is 0.300 e. The standard InChI is InChI=1S/C10H14N2O4S.C2H4O2/c1-8(2)7-11-17(15,16)10-5-3-9(4-6-10)12(13)14;1-2(3)4/h3-6,8,11H,7H2,1-2H3;1H3,(H,3,4). The first kappa shape index (κ1) is 19.0. The van der Waals surface area contributed by atoms with Crippen LogP contribution >= 0.6 is 0 Å². The van der Waals surface area contributed by atoms with Crippen LogP contribution in [0.15, 0.2) is 29.2 Å². The minimum atomic E-state index is -3.57. The Morgan fingerprint density at radius 3 is 2.10 bits per heavy atom. The summed E-state index contributed by atoms with van der Waals surface area (Å²) in [6.07, 6.45) is 0. The molecule has 118 valence electrons. The van der Waals surface area contributed by atoms with Gasteiger partial charge in [-0.05, 0) is 18.1 Å². The number of hydrogen-bond acceptors (Lipinski definition) is 5. The van der Waals surface area contributed by atoms with E-state index in [1.165, 1.54) is 24.3 Å². The molecule has 21 heavy (non-hydrogen) atoms. The molecule has 0 fully saturated rings. The lowest BCUT2D eigenvalue weighted by molar-refractivity contribution is -0.384. The Balaban J connectivity index is 0.000000885. The fraction of sp³-hybridized carbons (Fsp3) is 0.417. The summed E-state index contributed by atoms with van der Waals surface area (Å²) >= 11 is 0. The summed E-state index contributed by atoms with van der Waals surface area (Å²) in [6, 6.07) is 4.79. The maximum atomic E-state index is 11.7. The summed E-state index contributed by atoms with van der Waals surface area (Å²) in [6.45, 7) is 5.19. The molecule has 1 rings (SSSR count). The van der Waals surface area contributed by atoms with Crippen LogP contribution in [0.2, 0.25) is 0 Å². The average Bonchev–Trinajstić information content (AvgIpc) is 2.36. The van der Waals surface area contributed by atoms with E-state index in [-0.39, 0.29) is 16.5 Å². The van der Waals surface area contributed by atoms with Crippen molar-refractivity contribution in [1.29, 1.82) is 0 Å². The van der Waals surface area contributed by atoms with Crippen LogP contribution in [-0.2, 0) is 14.8 Å². The summed E-state index contributed by atoms with van der Waals surface area (Å²) in [4.78, 5) is 18.9. The summed E-state index contributed by atoms with van der Waals surface area (Å²) < 4.78 is 25.9. The highest BCUT2D eigenvalue weighted by Crippen LogP contribution is 2.15. The second-order valence-corrected chi connectivity index (χ2v) is 6.28. The second-order valence-electron chi connectivity index (χ2n) is 4.52. The average molecular weight is 318 g/mol. The van der Waals surface area contributed by atoms with Gasteiger partial charge in [-0.1, -0.05) is 13.8 Å². The Kier molecular flexibility index (Phi) is 7.53. The molecule has 0 bridgehead atoms. The molecule has 9 heteroatoms. The van der Waals surface area contributed by atoms with Gasteiger partial charge in [0.05, 0.1) is 9.82 Å². The van der Waals surface area contributed by atoms with Crippen molar-refractivity contribution < 1.29 is 23.2 Å². The predicted octanol–water partition coefficient (Wildman–Crippen LogP) is 1.62. The van der Waals surface area contributed by atoms with Crippen LogP contribution in [0.1, 0.15) is 20.8 Å². The van der Waals surface area contributed by atoms with E-state index >= 15 is 0 Å². The number of nitrogens with one attached hydrogen (secondary N) is 1. The van der Waals surface area contributed by atoms with Crippen LogP contribution in [0, 0.1) is 16.0 Å². The molecule has 0 heterocycles. The van der Waals surface area contributed by atoms with Crippen molar-refractivity contribution in [3.8, 4) is 0 Å². The monoisotopic (exact) mass is 318 g/mol. The normalized spacial score (nSPS) is 10.7. The number of nitrogens with zero attached hydrogens (tertiary/aromatic N) is 1. The first-order chi connectivity index (χ1) is 9.56. The third-order valence-corrected chi connectivity index (χ3v) is 3.48. The van der Waals surface area contributed by atoms with Gasteiger partial charge in [0.15, 0.2) is 0 Å².